The first-order valence-electron chi connectivity index (χ1n) is 9.76. The summed E-state index contributed by atoms with van der Waals surface area (Å²) >= 11 is 1.37. The number of hydrogen-bond donors (Lipinski definition) is 1. The van der Waals surface area contributed by atoms with Crippen LogP contribution in [0.3, 0.4) is 0 Å². The molecule has 29 heavy (non-hydrogen) atoms. The van der Waals surface area contributed by atoms with Crippen molar-refractivity contribution < 1.29 is 14.3 Å². The molecule has 1 N–H and O–H groups in total. The summed E-state index contributed by atoms with van der Waals surface area (Å²) in [5, 5.41) is 3.10. The number of hydrogen-bond acceptors (Lipinski definition) is 6. The molecule has 1 aliphatic heterocycles. The van der Waals surface area contributed by atoms with E-state index < -0.39 is 0 Å². The topological polar surface area (TPSA) is 74.8 Å². The lowest BCUT2D eigenvalue weighted by Gasteiger charge is -2.32. The number of piperidine rings is 1. The average Bonchev–Trinajstić information content (AvgIpc) is 3.15. The fraction of sp³-hybridized carbons (Fsp3) is 0.476. The Kier molecular flexibility index (Phi) is 7.22. The largest absolute Gasteiger partial charge is 0.497 e. The highest BCUT2D eigenvalue weighted by Crippen LogP contribution is 2.16. The van der Waals surface area contributed by atoms with Gasteiger partial charge in [-0.2, -0.15) is 0 Å². The Morgan fingerprint density at radius 3 is 2.76 bits per heavy atom. The molecule has 7 nitrogen and oxygen atoms in total. The normalized spacial score (nSPS) is 15.1. The van der Waals surface area contributed by atoms with Gasteiger partial charge in [0.25, 0.3) is 5.91 Å². The zero-order valence-corrected chi connectivity index (χ0v) is 18.0. The van der Waals surface area contributed by atoms with Gasteiger partial charge in [-0.1, -0.05) is 12.1 Å². The number of carbonyl (C=O) groups excluding carboxylic acids is 2. The molecule has 2 amide bonds. The number of rotatable bonds is 7. The number of nitrogens with zero attached hydrogens (tertiary/aromatic N) is 3. The van der Waals surface area contributed by atoms with Crippen LogP contribution in [-0.2, 0) is 11.3 Å². The van der Waals surface area contributed by atoms with Crippen LogP contribution in [0, 0.1) is 6.92 Å². The van der Waals surface area contributed by atoms with Crippen LogP contribution in [0.25, 0.3) is 0 Å². The molecule has 0 aliphatic carbocycles. The maximum Gasteiger partial charge on any atom is 0.263 e. The molecule has 156 valence electrons. The summed E-state index contributed by atoms with van der Waals surface area (Å²) in [5.74, 6) is 0.842. The van der Waals surface area contributed by atoms with E-state index in [-0.39, 0.29) is 17.9 Å². The van der Waals surface area contributed by atoms with Crippen molar-refractivity contribution in [2.75, 3.05) is 33.8 Å². The van der Waals surface area contributed by atoms with E-state index in [1.165, 1.54) is 11.3 Å². The quantitative estimate of drug-likeness (QED) is 0.750. The summed E-state index contributed by atoms with van der Waals surface area (Å²) in [6.07, 6.45) is 1.69. The molecule has 2 heterocycles. The van der Waals surface area contributed by atoms with Crippen molar-refractivity contribution in [1.29, 1.82) is 0 Å². The molecule has 0 bridgehead atoms. The summed E-state index contributed by atoms with van der Waals surface area (Å²) in [6.45, 7) is 4.39. The molecular formula is C21H28N4O3S. The number of amides is 2. The van der Waals surface area contributed by atoms with E-state index in [9.17, 15) is 9.59 Å². The molecule has 1 saturated heterocycles. The number of aryl methyl sites for hydroxylation is 1. The van der Waals surface area contributed by atoms with Gasteiger partial charge in [0.15, 0.2) is 0 Å². The van der Waals surface area contributed by atoms with Gasteiger partial charge in [-0.3, -0.25) is 14.5 Å². The Balaban J connectivity index is 1.43. The highest BCUT2D eigenvalue weighted by molar-refractivity contribution is 7.11. The number of likely N-dealkylation sites (N-methyl/N-ethyl adjacent to an activating group) is 1. The van der Waals surface area contributed by atoms with Crippen LogP contribution in [-0.4, -0.2) is 66.4 Å². The standard InChI is InChI=1S/C21H28N4O3S/c1-15-20(29-14-22-15)21(27)23-17-7-9-25(10-8-17)13-19(26)24(2)12-16-5-4-6-18(11-16)28-3/h4-6,11,14,17H,7-10,12-13H2,1-3H3,(H,23,27). The van der Waals surface area contributed by atoms with E-state index in [2.05, 4.69) is 15.2 Å². The van der Waals surface area contributed by atoms with Crippen LogP contribution in [0.5, 0.6) is 5.75 Å². The summed E-state index contributed by atoms with van der Waals surface area (Å²) < 4.78 is 5.24. The number of benzene rings is 1. The Morgan fingerprint density at radius 2 is 2.10 bits per heavy atom. The molecule has 0 saturated carbocycles. The maximum atomic E-state index is 12.6. The van der Waals surface area contributed by atoms with Crippen molar-refractivity contribution in [3.63, 3.8) is 0 Å². The first-order chi connectivity index (χ1) is 14.0. The summed E-state index contributed by atoms with van der Waals surface area (Å²) in [4.78, 5) is 33.7. The highest BCUT2D eigenvalue weighted by Gasteiger charge is 2.24. The molecule has 1 aromatic heterocycles. The molecule has 8 heteroatoms. The third-order valence-electron chi connectivity index (χ3n) is 5.21. The van der Waals surface area contributed by atoms with E-state index >= 15 is 0 Å². The van der Waals surface area contributed by atoms with Crippen molar-refractivity contribution in [1.82, 2.24) is 20.1 Å². The lowest BCUT2D eigenvalue weighted by atomic mass is 10.0. The Morgan fingerprint density at radius 1 is 1.34 bits per heavy atom. The minimum Gasteiger partial charge on any atom is -0.497 e. The monoisotopic (exact) mass is 416 g/mol. The van der Waals surface area contributed by atoms with Crippen molar-refractivity contribution >= 4 is 23.2 Å². The minimum atomic E-state index is -0.0439. The van der Waals surface area contributed by atoms with E-state index in [0.29, 0.717) is 18.0 Å². The number of aromatic nitrogens is 1. The molecule has 3 rings (SSSR count). The van der Waals surface area contributed by atoms with E-state index in [1.807, 2.05) is 38.2 Å². The molecule has 1 aromatic carbocycles. The zero-order valence-electron chi connectivity index (χ0n) is 17.2. The average molecular weight is 417 g/mol. The van der Waals surface area contributed by atoms with Crippen LogP contribution >= 0.6 is 11.3 Å². The van der Waals surface area contributed by atoms with Crippen molar-refractivity contribution in [3.05, 3.63) is 45.9 Å². The first-order valence-corrected chi connectivity index (χ1v) is 10.6. The van der Waals surface area contributed by atoms with Gasteiger partial charge in [0.05, 0.1) is 24.9 Å². The van der Waals surface area contributed by atoms with Gasteiger partial charge in [-0.05, 0) is 37.5 Å². The predicted octanol–water partition coefficient (Wildman–Crippen LogP) is 2.31. The Hall–Kier alpha value is -2.45. The summed E-state index contributed by atoms with van der Waals surface area (Å²) in [5.41, 5.74) is 3.51. The van der Waals surface area contributed by atoms with Crippen molar-refractivity contribution in [2.24, 2.45) is 0 Å². The number of likely N-dealkylation sites (tertiary alicyclic amines) is 1. The minimum absolute atomic E-state index is 0.0439. The van der Waals surface area contributed by atoms with Crippen LogP contribution in [0.4, 0.5) is 0 Å². The first kappa shape index (κ1) is 21.3. The number of nitrogens with one attached hydrogen (secondary N) is 1. The van der Waals surface area contributed by atoms with Crippen LogP contribution in [0.2, 0.25) is 0 Å². The predicted molar refractivity (Wildman–Crippen MR) is 113 cm³/mol. The van der Waals surface area contributed by atoms with Crippen molar-refractivity contribution in [2.45, 2.75) is 32.4 Å². The number of ether oxygens (including phenoxy) is 1. The molecule has 1 aliphatic rings. The van der Waals surface area contributed by atoms with Gasteiger partial charge in [0.2, 0.25) is 5.91 Å². The lowest BCUT2D eigenvalue weighted by molar-refractivity contribution is -0.131. The molecule has 0 radical (unpaired) electrons. The Labute approximate surface area is 175 Å². The SMILES string of the molecule is COc1cccc(CN(C)C(=O)CN2CCC(NC(=O)c3scnc3C)CC2)c1. The summed E-state index contributed by atoms with van der Waals surface area (Å²) in [7, 11) is 3.46. The number of thiazole rings is 1. The van der Waals surface area contributed by atoms with E-state index in [1.54, 1.807) is 17.5 Å². The molecular weight excluding hydrogens is 388 g/mol. The third kappa shape index (κ3) is 5.77. The molecule has 0 atom stereocenters. The molecule has 1 fully saturated rings. The van der Waals surface area contributed by atoms with Gasteiger partial charge < -0.3 is 15.0 Å². The van der Waals surface area contributed by atoms with Crippen LogP contribution in [0.1, 0.15) is 33.8 Å². The molecule has 2 aromatic rings. The van der Waals surface area contributed by atoms with E-state index in [4.69, 9.17) is 4.74 Å². The smallest absolute Gasteiger partial charge is 0.263 e. The lowest BCUT2D eigenvalue weighted by Crippen LogP contribution is -2.47. The third-order valence-corrected chi connectivity index (χ3v) is 6.14. The van der Waals surface area contributed by atoms with Gasteiger partial charge in [-0.15, -0.1) is 11.3 Å². The molecule has 0 spiro atoms. The van der Waals surface area contributed by atoms with E-state index in [0.717, 1.165) is 42.9 Å². The second-order valence-electron chi connectivity index (χ2n) is 7.39. The fourth-order valence-electron chi connectivity index (χ4n) is 3.45. The van der Waals surface area contributed by atoms with Gasteiger partial charge in [0, 0.05) is 32.7 Å². The Bertz CT molecular complexity index is 846. The molecule has 0 unspecified atom stereocenters. The fourth-order valence-corrected chi connectivity index (χ4v) is 4.16. The zero-order chi connectivity index (χ0) is 20.8. The number of carbonyl (C=O) groups is 2. The summed E-state index contributed by atoms with van der Waals surface area (Å²) in [6, 6.07) is 7.91. The van der Waals surface area contributed by atoms with Crippen LogP contribution in [0.15, 0.2) is 29.8 Å². The van der Waals surface area contributed by atoms with Gasteiger partial charge in [0.1, 0.15) is 10.6 Å². The highest BCUT2D eigenvalue weighted by atomic mass is 32.1. The second kappa shape index (κ2) is 9.84. The van der Waals surface area contributed by atoms with Crippen LogP contribution < -0.4 is 10.1 Å². The van der Waals surface area contributed by atoms with Gasteiger partial charge in [-0.25, -0.2) is 4.98 Å². The maximum absolute atomic E-state index is 12.6. The number of methoxy groups -OCH3 is 1. The van der Waals surface area contributed by atoms with Gasteiger partial charge >= 0.3 is 0 Å². The van der Waals surface area contributed by atoms with Crippen molar-refractivity contribution in [3.8, 4) is 5.75 Å². The second-order valence-corrected chi connectivity index (χ2v) is 8.25.